The lowest BCUT2D eigenvalue weighted by atomic mass is 10.2. The van der Waals surface area contributed by atoms with Crippen LogP contribution in [0.5, 0.6) is 5.75 Å². The highest BCUT2D eigenvalue weighted by Crippen LogP contribution is 2.32. The monoisotopic (exact) mass is 504 g/mol. The van der Waals surface area contributed by atoms with E-state index in [-0.39, 0.29) is 0 Å². The molecule has 0 amide bonds. The Hall–Kier alpha value is -2.05. The third-order valence-electron chi connectivity index (χ3n) is 4.14. The molecule has 3 aromatic carbocycles. The Balaban J connectivity index is 1.41. The fraction of sp³-hybridized carbons (Fsp3) is 0.0455. The molecule has 0 atom stereocenters. The van der Waals surface area contributed by atoms with Crippen molar-refractivity contribution in [3.63, 3.8) is 0 Å². The van der Waals surface area contributed by atoms with E-state index in [1.54, 1.807) is 18.2 Å². The van der Waals surface area contributed by atoms with Gasteiger partial charge in [-0.25, -0.2) is 4.98 Å². The van der Waals surface area contributed by atoms with E-state index in [4.69, 9.17) is 27.9 Å². The van der Waals surface area contributed by atoms with Crippen molar-refractivity contribution in [1.29, 1.82) is 0 Å². The van der Waals surface area contributed by atoms with E-state index in [1.165, 1.54) is 11.3 Å². The first-order chi connectivity index (χ1) is 14.1. The Kier molecular flexibility index (Phi) is 6.40. The molecule has 146 valence electrons. The normalized spacial score (nSPS) is 10.7. The van der Waals surface area contributed by atoms with Crippen molar-refractivity contribution >= 4 is 61.3 Å². The number of hydrogen-bond acceptors (Lipinski definition) is 4. The first-order valence-corrected chi connectivity index (χ1v) is 11.1. The summed E-state index contributed by atoms with van der Waals surface area (Å²) in [5.74, 6) is 0.816. The highest BCUT2D eigenvalue weighted by molar-refractivity contribution is 9.10. The maximum Gasteiger partial charge on any atom is 0.187 e. The standard InChI is InChI=1S/C22H15BrCl2N2OS/c23-16-5-1-14(2-6-16)12-28-18-8-3-15(4-9-18)21-13-29-22(27-21)26-20-11-17(24)7-10-19(20)25/h1-11,13H,12H2,(H,26,27). The third kappa shape index (κ3) is 5.31. The number of aromatic nitrogens is 1. The predicted octanol–water partition coefficient (Wildman–Crippen LogP) is 8.20. The second-order valence-corrected chi connectivity index (χ2v) is 8.84. The molecular weight excluding hydrogens is 491 g/mol. The zero-order valence-corrected chi connectivity index (χ0v) is 18.9. The highest BCUT2D eigenvalue weighted by atomic mass is 79.9. The van der Waals surface area contributed by atoms with Crippen LogP contribution >= 0.6 is 50.5 Å². The summed E-state index contributed by atoms with van der Waals surface area (Å²) in [6.45, 7) is 0.526. The minimum atomic E-state index is 0.526. The van der Waals surface area contributed by atoms with Gasteiger partial charge in [0, 0.05) is 20.4 Å². The summed E-state index contributed by atoms with van der Waals surface area (Å²) in [5, 5.41) is 7.18. The molecule has 4 aromatic rings. The summed E-state index contributed by atoms with van der Waals surface area (Å²) < 4.78 is 6.91. The molecule has 1 heterocycles. The van der Waals surface area contributed by atoms with E-state index < -0.39 is 0 Å². The molecule has 3 nitrogen and oxygen atoms in total. The summed E-state index contributed by atoms with van der Waals surface area (Å²) in [6.07, 6.45) is 0. The second kappa shape index (κ2) is 9.18. The van der Waals surface area contributed by atoms with E-state index in [0.717, 1.165) is 37.9 Å². The van der Waals surface area contributed by atoms with Gasteiger partial charge in [-0.1, -0.05) is 51.3 Å². The van der Waals surface area contributed by atoms with Gasteiger partial charge in [0.05, 0.1) is 16.4 Å². The molecule has 0 unspecified atom stereocenters. The topological polar surface area (TPSA) is 34.2 Å². The Bertz CT molecular complexity index is 1110. The molecular formula is C22H15BrCl2N2OS. The minimum Gasteiger partial charge on any atom is -0.489 e. The fourth-order valence-electron chi connectivity index (χ4n) is 2.64. The van der Waals surface area contributed by atoms with Crippen molar-refractivity contribution in [3.05, 3.63) is 92.2 Å². The van der Waals surface area contributed by atoms with Crippen molar-refractivity contribution in [2.24, 2.45) is 0 Å². The van der Waals surface area contributed by atoms with Crippen LogP contribution in [0.4, 0.5) is 10.8 Å². The van der Waals surface area contributed by atoms with Crippen molar-refractivity contribution in [1.82, 2.24) is 4.98 Å². The number of nitrogens with zero attached hydrogens (tertiary/aromatic N) is 1. The zero-order chi connectivity index (χ0) is 20.2. The molecule has 29 heavy (non-hydrogen) atoms. The lowest BCUT2D eigenvalue weighted by Gasteiger charge is -2.07. The Morgan fingerprint density at radius 1 is 0.966 bits per heavy atom. The van der Waals surface area contributed by atoms with Crippen molar-refractivity contribution in [2.45, 2.75) is 6.61 Å². The first kappa shape index (κ1) is 20.2. The van der Waals surface area contributed by atoms with Crippen molar-refractivity contribution in [2.75, 3.05) is 5.32 Å². The molecule has 1 aromatic heterocycles. The summed E-state index contributed by atoms with van der Waals surface area (Å²) in [4.78, 5) is 4.64. The van der Waals surface area contributed by atoms with Gasteiger partial charge in [-0.3, -0.25) is 0 Å². The number of ether oxygens (including phenoxy) is 1. The lowest BCUT2D eigenvalue weighted by molar-refractivity contribution is 0.306. The largest absolute Gasteiger partial charge is 0.489 e. The lowest BCUT2D eigenvalue weighted by Crippen LogP contribution is -1.95. The van der Waals surface area contributed by atoms with Gasteiger partial charge >= 0.3 is 0 Å². The molecule has 0 spiro atoms. The van der Waals surface area contributed by atoms with Crippen LogP contribution in [-0.4, -0.2) is 4.98 Å². The third-order valence-corrected chi connectivity index (χ3v) is 5.99. The van der Waals surface area contributed by atoms with Crippen LogP contribution in [0.15, 0.2) is 76.6 Å². The van der Waals surface area contributed by atoms with Gasteiger partial charge in [0.25, 0.3) is 0 Å². The van der Waals surface area contributed by atoms with Gasteiger partial charge in [-0.15, -0.1) is 11.3 Å². The molecule has 0 aliphatic carbocycles. The van der Waals surface area contributed by atoms with Crippen LogP contribution in [0.1, 0.15) is 5.56 Å². The summed E-state index contributed by atoms with van der Waals surface area (Å²) in [6, 6.07) is 21.3. The fourth-order valence-corrected chi connectivity index (χ4v) is 3.97. The molecule has 0 saturated carbocycles. The molecule has 4 rings (SSSR count). The Morgan fingerprint density at radius 3 is 2.48 bits per heavy atom. The quantitative estimate of drug-likeness (QED) is 0.286. The number of rotatable bonds is 6. The molecule has 0 aliphatic rings. The maximum atomic E-state index is 6.21. The van der Waals surface area contributed by atoms with Gasteiger partial charge in [-0.05, 0) is 60.2 Å². The summed E-state index contributed by atoms with van der Waals surface area (Å²) in [7, 11) is 0. The van der Waals surface area contributed by atoms with Gasteiger partial charge in [0.1, 0.15) is 12.4 Å². The summed E-state index contributed by atoms with van der Waals surface area (Å²) >= 11 is 17.2. The van der Waals surface area contributed by atoms with Crippen LogP contribution in [0.3, 0.4) is 0 Å². The Labute approximate surface area is 191 Å². The van der Waals surface area contributed by atoms with Gasteiger partial charge in [0.15, 0.2) is 5.13 Å². The van der Waals surface area contributed by atoms with E-state index in [0.29, 0.717) is 16.7 Å². The second-order valence-electron chi connectivity index (χ2n) is 6.23. The van der Waals surface area contributed by atoms with Gasteiger partial charge in [0.2, 0.25) is 0 Å². The molecule has 0 fully saturated rings. The maximum absolute atomic E-state index is 6.21. The zero-order valence-electron chi connectivity index (χ0n) is 15.0. The molecule has 0 saturated heterocycles. The van der Waals surface area contributed by atoms with E-state index in [1.807, 2.05) is 53.9 Å². The van der Waals surface area contributed by atoms with Gasteiger partial charge in [-0.2, -0.15) is 0 Å². The number of nitrogens with one attached hydrogen (secondary N) is 1. The van der Waals surface area contributed by atoms with E-state index >= 15 is 0 Å². The Morgan fingerprint density at radius 2 is 1.72 bits per heavy atom. The molecule has 7 heteroatoms. The van der Waals surface area contributed by atoms with Crippen LogP contribution in [0.2, 0.25) is 10.0 Å². The number of thiazole rings is 1. The average Bonchev–Trinajstić information content (AvgIpc) is 3.19. The SMILES string of the molecule is Clc1ccc(Cl)c(Nc2nc(-c3ccc(OCc4ccc(Br)cc4)cc3)cs2)c1. The minimum absolute atomic E-state index is 0.526. The smallest absolute Gasteiger partial charge is 0.187 e. The van der Waals surface area contributed by atoms with Crippen LogP contribution in [0.25, 0.3) is 11.3 Å². The highest BCUT2D eigenvalue weighted by Gasteiger charge is 2.08. The van der Waals surface area contributed by atoms with Gasteiger partial charge < -0.3 is 10.1 Å². The predicted molar refractivity (Wildman–Crippen MR) is 126 cm³/mol. The average molecular weight is 506 g/mol. The van der Waals surface area contributed by atoms with Crippen molar-refractivity contribution < 1.29 is 4.74 Å². The van der Waals surface area contributed by atoms with Crippen LogP contribution in [0, 0.1) is 0 Å². The molecule has 1 N–H and O–H groups in total. The van der Waals surface area contributed by atoms with Crippen LogP contribution in [-0.2, 0) is 6.61 Å². The molecule has 0 bridgehead atoms. The number of anilines is 2. The molecule has 0 aliphatic heterocycles. The summed E-state index contributed by atoms with van der Waals surface area (Å²) in [5.41, 5.74) is 3.75. The van der Waals surface area contributed by atoms with Crippen LogP contribution < -0.4 is 10.1 Å². The van der Waals surface area contributed by atoms with Crippen molar-refractivity contribution in [3.8, 4) is 17.0 Å². The van der Waals surface area contributed by atoms with E-state index in [9.17, 15) is 0 Å². The number of hydrogen-bond donors (Lipinski definition) is 1. The number of benzene rings is 3. The molecule has 0 radical (unpaired) electrons. The number of halogens is 3. The van der Waals surface area contributed by atoms with E-state index in [2.05, 4.69) is 26.2 Å². The first-order valence-electron chi connectivity index (χ1n) is 8.72.